The molecule has 0 saturated carbocycles. The molecule has 1 heterocycles. The normalized spacial score (nSPS) is 11.8. The van der Waals surface area contributed by atoms with Crippen molar-refractivity contribution in [1.82, 2.24) is 10.9 Å². The minimum Gasteiger partial charge on any atom is -0.494 e. The Morgan fingerprint density at radius 3 is 2.52 bits per heavy atom. The molecule has 2 rings (SSSR count). The molecule has 0 aliphatic carbocycles. The number of benzene rings is 1. The summed E-state index contributed by atoms with van der Waals surface area (Å²) >= 11 is 0. The van der Waals surface area contributed by atoms with Gasteiger partial charge in [-0.25, -0.2) is 0 Å². The molecule has 1 aromatic carbocycles. The van der Waals surface area contributed by atoms with Crippen molar-refractivity contribution in [3.8, 4) is 11.5 Å². The largest absolute Gasteiger partial charge is 0.494 e. The van der Waals surface area contributed by atoms with Crippen molar-refractivity contribution in [3.63, 3.8) is 0 Å². The fraction of sp³-hybridized carbons (Fsp3) is 0.222. The monoisotopic (exact) mass is 344 g/mol. The summed E-state index contributed by atoms with van der Waals surface area (Å²) in [6.07, 6.45) is 3.45. The Morgan fingerprint density at radius 2 is 1.88 bits per heavy atom. The van der Waals surface area contributed by atoms with E-state index in [1.807, 2.05) is 6.92 Å². The number of nitrogens with one attached hydrogen (secondary N) is 2. The van der Waals surface area contributed by atoms with Gasteiger partial charge in [-0.15, -0.1) is 0 Å². The van der Waals surface area contributed by atoms with E-state index in [1.165, 1.54) is 18.4 Å². The zero-order chi connectivity index (χ0) is 18.1. The van der Waals surface area contributed by atoms with Gasteiger partial charge in [0.05, 0.1) is 12.9 Å². The maximum Gasteiger partial charge on any atom is 0.279 e. The summed E-state index contributed by atoms with van der Waals surface area (Å²) in [5.74, 6) is 0.818. The molecule has 0 spiro atoms. The van der Waals surface area contributed by atoms with E-state index in [0.29, 0.717) is 18.1 Å². The van der Waals surface area contributed by atoms with Crippen LogP contribution >= 0.6 is 0 Å². The van der Waals surface area contributed by atoms with Gasteiger partial charge in [0.25, 0.3) is 11.8 Å². The molecule has 0 fully saturated rings. The molecule has 7 heteroatoms. The summed E-state index contributed by atoms with van der Waals surface area (Å²) in [5, 5.41) is 0. The Kier molecular flexibility index (Phi) is 6.65. The molecule has 25 heavy (non-hydrogen) atoms. The van der Waals surface area contributed by atoms with Gasteiger partial charge in [0.1, 0.15) is 17.3 Å². The van der Waals surface area contributed by atoms with Crippen molar-refractivity contribution in [2.24, 2.45) is 0 Å². The fourth-order valence-electron chi connectivity index (χ4n) is 1.85. The minimum absolute atomic E-state index is 0.478. The van der Waals surface area contributed by atoms with E-state index < -0.39 is 17.9 Å². The molecule has 0 saturated heterocycles. The fourth-order valence-corrected chi connectivity index (χ4v) is 1.85. The van der Waals surface area contributed by atoms with Gasteiger partial charge in [-0.1, -0.05) is 0 Å². The number of furan rings is 1. The third kappa shape index (κ3) is 6.06. The zero-order valence-corrected chi connectivity index (χ0v) is 14.0. The lowest BCUT2D eigenvalue weighted by Gasteiger charge is -2.15. The van der Waals surface area contributed by atoms with Crippen molar-refractivity contribution in [2.75, 3.05) is 6.61 Å². The second-order valence-electron chi connectivity index (χ2n) is 4.99. The van der Waals surface area contributed by atoms with Crippen LogP contribution in [0.2, 0.25) is 0 Å². The van der Waals surface area contributed by atoms with E-state index in [4.69, 9.17) is 13.9 Å². The number of carbonyl (C=O) groups is 2. The molecule has 132 valence electrons. The topological polar surface area (TPSA) is 89.8 Å². The van der Waals surface area contributed by atoms with Crippen LogP contribution in [0.3, 0.4) is 0 Å². The van der Waals surface area contributed by atoms with Gasteiger partial charge in [0.2, 0.25) is 0 Å². The zero-order valence-electron chi connectivity index (χ0n) is 14.0. The molecule has 1 unspecified atom stereocenters. The summed E-state index contributed by atoms with van der Waals surface area (Å²) < 4.78 is 15.9. The molecule has 2 N–H and O–H groups in total. The van der Waals surface area contributed by atoms with Crippen LogP contribution in [0.4, 0.5) is 0 Å². The lowest BCUT2D eigenvalue weighted by molar-refractivity contribution is -0.131. The van der Waals surface area contributed by atoms with Gasteiger partial charge in [-0.3, -0.25) is 20.4 Å². The van der Waals surface area contributed by atoms with E-state index in [9.17, 15) is 9.59 Å². The van der Waals surface area contributed by atoms with Crippen LogP contribution in [0.5, 0.6) is 11.5 Å². The molecule has 0 aliphatic heterocycles. The highest BCUT2D eigenvalue weighted by atomic mass is 16.5. The summed E-state index contributed by atoms with van der Waals surface area (Å²) in [4.78, 5) is 23.5. The quantitative estimate of drug-likeness (QED) is 0.594. The first-order valence-corrected chi connectivity index (χ1v) is 7.79. The van der Waals surface area contributed by atoms with Gasteiger partial charge in [-0.05, 0) is 56.3 Å². The van der Waals surface area contributed by atoms with Crippen LogP contribution in [0.15, 0.2) is 53.2 Å². The van der Waals surface area contributed by atoms with E-state index >= 15 is 0 Å². The maximum absolute atomic E-state index is 11.9. The van der Waals surface area contributed by atoms with E-state index in [2.05, 4.69) is 10.9 Å². The van der Waals surface area contributed by atoms with Crippen LogP contribution < -0.4 is 20.3 Å². The predicted octanol–water partition coefficient (Wildman–Crippen LogP) is 2.31. The third-order valence-corrected chi connectivity index (χ3v) is 3.07. The molecule has 7 nitrogen and oxygen atoms in total. The maximum atomic E-state index is 11.9. The summed E-state index contributed by atoms with van der Waals surface area (Å²) in [5.41, 5.74) is 4.56. The van der Waals surface area contributed by atoms with Crippen molar-refractivity contribution in [3.05, 3.63) is 54.5 Å². The van der Waals surface area contributed by atoms with Crippen molar-refractivity contribution in [1.29, 1.82) is 0 Å². The van der Waals surface area contributed by atoms with Crippen LogP contribution in [0.25, 0.3) is 6.08 Å². The summed E-state index contributed by atoms with van der Waals surface area (Å²) in [7, 11) is 0. The number of carbonyl (C=O) groups excluding carboxylic acids is 2. The van der Waals surface area contributed by atoms with Gasteiger partial charge in [0, 0.05) is 6.08 Å². The van der Waals surface area contributed by atoms with Crippen molar-refractivity contribution >= 4 is 17.9 Å². The lowest BCUT2D eigenvalue weighted by atomic mass is 10.3. The number of rotatable bonds is 7. The van der Waals surface area contributed by atoms with Gasteiger partial charge in [0.15, 0.2) is 6.10 Å². The van der Waals surface area contributed by atoms with E-state index in [-0.39, 0.29) is 0 Å². The van der Waals surface area contributed by atoms with Gasteiger partial charge >= 0.3 is 0 Å². The minimum atomic E-state index is -0.785. The van der Waals surface area contributed by atoms with E-state index in [0.717, 1.165) is 5.75 Å². The Hall–Kier alpha value is -3.22. The second kappa shape index (κ2) is 9.17. The van der Waals surface area contributed by atoms with Crippen molar-refractivity contribution in [2.45, 2.75) is 20.0 Å². The standard InChI is InChI=1S/C18H20N2O5/c1-3-23-15-6-8-16(9-7-15)25-13(2)18(22)20-19-17(21)11-10-14-5-4-12-24-14/h4-13H,3H2,1-2H3,(H,19,21)(H,20,22)/b11-10+. The molecule has 1 atom stereocenters. The molecular weight excluding hydrogens is 324 g/mol. The summed E-state index contributed by atoms with van der Waals surface area (Å²) in [6.45, 7) is 4.05. The van der Waals surface area contributed by atoms with Crippen LogP contribution in [-0.4, -0.2) is 24.5 Å². The van der Waals surface area contributed by atoms with Gasteiger partial charge < -0.3 is 13.9 Å². The lowest BCUT2D eigenvalue weighted by Crippen LogP contribution is -2.46. The molecule has 0 bridgehead atoms. The number of hydrogen-bond donors (Lipinski definition) is 2. The highest BCUT2D eigenvalue weighted by molar-refractivity contribution is 5.93. The number of hydrazine groups is 1. The first-order chi connectivity index (χ1) is 12.1. The highest BCUT2D eigenvalue weighted by Crippen LogP contribution is 2.18. The Bertz CT molecular complexity index is 708. The first kappa shape index (κ1) is 18.1. The third-order valence-electron chi connectivity index (χ3n) is 3.07. The smallest absolute Gasteiger partial charge is 0.279 e. The average molecular weight is 344 g/mol. The highest BCUT2D eigenvalue weighted by Gasteiger charge is 2.15. The number of hydrogen-bond acceptors (Lipinski definition) is 5. The molecular formula is C18H20N2O5. The molecule has 1 aromatic heterocycles. The molecule has 2 amide bonds. The molecule has 0 aliphatic rings. The number of amides is 2. The Labute approximate surface area is 145 Å². The van der Waals surface area contributed by atoms with E-state index in [1.54, 1.807) is 43.3 Å². The van der Waals surface area contributed by atoms with Gasteiger partial charge in [-0.2, -0.15) is 0 Å². The van der Waals surface area contributed by atoms with Crippen LogP contribution in [-0.2, 0) is 9.59 Å². The average Bonchev–Trinajstić information content (AvgIpc) is 3.13. The summed E-state index contributed by atoms with van der Waals surface area (Å²) in [6, 6.07) is 10.3. The van der Waals surface area contributed by atoms with Crippen LogP contribution in [0, 0.1) is 0 Å². The first-order valence-electron chi connectivity index (χ1n) is 7.79. The van der Waals surface area contributed by atoms with Crippen molar-refractivity contribution < 1.29 is 23.5 Å². The second-order valence-corrected chi connectivity index (χ2v) is 4.99. The molecule has 2 aromatic rings. The number of ether oxygens (including phenoxy) is 2. The Morgan fingerprint density at radius 1 is 1.16 bits per heavy atom. The predicted molar refractivity (Wildman–Crippen MR) is 91.7 cm³/mol. The Balaban J connectivity index is 1.76. The SMILES string of the molecule is CCOc1ccc(OC(C)C(=O)NNC(=O)/C=C/c2ccco2)cc1. The van der Waals surface area contributed by atoms with Crippen LogP contribution in [0.1, 0.15) is 19.6 Å². The molecule has 0 radical (unpaired) electrons.